The van der Waals surface area contributed by atoms with Crippen molar-refractivity contribution in [2.45, 2.75) is 39.5 Å². The molecule has 12 heavy (non-hydrogen) atoms. The number of ketones is 1. The molecule has 0 spiro atoms. The van der Waals surface area contributed by atoms with E-state index in [0.29, 0.717) is 0 Å². The Morgan fingerprint density at radius 1 is 1.17 bits per heavy atom. The van der Waals surface area contributed by atoms with Gasteiger partial charge in [0.15, 0.2) is 0 Å². The van der Waals surface area contributed by atoms with E-state index in [1.54, 1.807) is 0 Å². The van der Waals surface area contributed by atoms with Gasteiger partial charge in [-0.3, -0.25) is 4.79 Å². The highest BCUT2D eigenvalue weighted by atomic mass is 16.1. The van der Waals surface area contributed by atoms with Gasteiger partial charge in [-0.1, -0.05) is 12.8 Å². The minimum absolute atomic E-state index is 0.0573. The van der Waals surface area contributed by atoms with Crippen LogP contribution in [0.2, 0.25) is 0 Å². The molecule has 1 heteroatoms. The van der Waals surface area contributed by atoms with Crippen molar-refractivity contribution in [3.05, 3.63) is 0 Å². The first-order valence-electron chi connectivity index (χ1n) is 4.62. The Morgan fingerprint density at radius 3 is 2.17 bits per heavy atom. The maximum absolute atomic E-state index is 11.4. The average molecular weight is 162 g/mol. The lowest BCUT2D eigenvalue weighted by molar-refractivity contribution is -0.118. The molecule has 0 aromatic carbocycles. The van der Waals surface area contributed by atoms with Gasteiger partial charge in [0.25, 0.3) is 0 Å². The van der Waals surface area contributed by atoms with Crippen molar-refractivity contribution < 1.29 is 4.79 Å². The molecule has 1 nitrogen and oxygen atoms in total. The van der Waals surface area contributed by atoms with E-state index in [2.05, 4.69) is 18.8 Å². The quantitative estimate of drug-likeness (QED) is 0.426. The standard InChI is InChI=1S/C11H14O/c1-10(5-6-10)4-3-9(12)11(2)7-8-11/h5-8H2,1-2H3. The molecule has 2 fully saturated rings. The molecule has 2 aliphatic rings. The molecule has 0 N–H and O–H groups in total. The van der Waals surface area contributed by atoms with Crippen molar-refractivity contribution in [3.8, 4) is 11.8 Å². The van der Waals surface area contributed by atoms with Crippen LogP contribution in [0.5, 0.6) is 0 Å². The van der Waals surface area contributed by atoms with Gasteiger partial charge in [-0.25, -0.2) is 0 Å². The second-order valence-corrected chi connectivity index (χ2v) is 4.70. The van der Waals surface area contributed by atoms with E-state index >= 15 is 0 Å². The van der Waals surface area contributed by atoms with Crippen LogP contribution in [0.4, 0.5) is 0 Å². The van der Waals surface area contributed by atoms with Crippen LogP contribution < -0.4 is 0 Å². The third kappa shape index (κ3) is 1.39. The van der Waals surface area contributed by atoms with Gasteiger partial charge in [0.05, 0.1) is 0 Å². The highest BCUT2D eigenvalue weighted by Gasteiger charge is 2.44. The van der Waals surface area contributed by atoms with E-state index in [0.717, 1.165) is 12.8 Å². The predicted octanol–water partition coefficient (Wildman–Crippen LogP) is 2.16. The van der Waals surface area contributed by atoms with Crippen LogP contribution in [-0.2, 0) is 4.79 Å². The lowest BCUT2D eigenvalue weighted by atomic mass is 10.0. The first kappa shape index (κ1) is 7.86. The average Bonchev–Trinajstić information content (AvgIpc) is 2.89. The third-order valence-electron chi connectivity index (χ3n) is 3.03. The lowest BCUT2D eigenvalue weighted by Gasteiger charge is -1.98. The fourth-order valence-corrected chi connectivity index (χ4v) is 1.09. The van der Waals surface area contributed by atoms with Crippen molar-refractivity contribution in [1.29, 1.82) is 0 Å². The minimum Gasteiger partial charge on any atom is -0.284 e. The molecule has 0 amide bonds. The van der Waals surface area contributed by atoms with Crippen LogP contribution in [0.1, 0.15) is 39.5 Å². The fraction of sp³-hybridized carbons (Fsp3) is 0.727. The number of carbonyl (C=O) groups is 1. The third-order valence-corrected chi connectivity index (χ3v) is 3.03. The zero-order valence-electron chi connectivity index (χ0n) is 7.74. The van der Waals surface area contributed by atoms with Gasteiger partial charge in [0, 0.05) is 10.8 Å². The van der Waals surface area contributed by atoms with Gasteiger partial charge in [-0.05, 0) is 38.5 Å². The molecule has 0 saturated heterocycles. The van der Waals surface area contributed by atoms with Crippen LogP contribution in [0.15, 0.2) is 0 Å². The molecule has 0 aromatic heterocycles. The summed E-state index contributed by atoms with van der Waals surface area (Å²) in [5, 5.41) is 0. The smallest absolute Gasteiger partial charge is 0.211 e. The maximum atomic E-state index is 11.4. The van der Waals surface area contributed by atoms with Gasteiger partial charge in [-0.2, -0.15) is 0 Å². The van der Waals surface area contributed by atoms with Crippen molar-refractivity contribution in [1.82, 2.24) is 0 Å². The largest absolute Gasteiger partial charge is 0.284 e. The van der Waals surface area contributed by atoms with E-state index in [1.165, 1.54) is 12.8 Å². The zero-order valence-corrected chi connectivity index (χ0v) is 7.74. The molecular weight excluding hydrogens is 148 g/mol. The van der Waals surface area contributed by atoms with E-state index in [4.69, 9.17) is 0 Å². The minimum atomic E-state index is -0.0573. The summed E-state index contributed by atoms with van der Waals surface area (Å²) in [5.74, 6) is 6.04. The Bertz CT molecular complexity index is 282. The van der Waals surface area contributed by atoms with Crippen molar-refractivity contribution in [2.24, 2.45) is 10.8 Å². The van der Waals surface area contributed by atoms with Gasteiger partial charge in [0.2, 0.25) is 5.78 Å². The number of rotatable bonds is 1. The van der Waals surface area contributed by atoms with E-state index in [-0.39, 0.29) is 16.6 Å². The molecule has 0 radical (unpaired) electrons. The maximum Gasteiger partial charge on any atom is 0.211 e. The monoisotopic (exact) mass is 162 g/mol. The van der Waals surface area contributed by atoms with Gasteiger partial charge < -0.3 is 0 Å². The zero-order chi connectivity index (χ0) is 8.82. The summed E-state index contributed by atoms with van der Waals surface area (Å²) in [6.07, 6.45) is 4.42. The Morgan fingerprint density at radius 2 is 1.75 bits per heavy atom. The van der Waals surface area contributed by atoms with E-state index in [1.807, 2.05) is 6.92 Å². The van der Waals surface area contributed by atoms with Crippen LogP contribution >= 0.6 is 0 Å². The van der Waals surface area contributed by atoms with Crippen LogP contribution in [0, 0.1) is 22.7 Å². The van der Waals surface area contributed by atoms with Gasteiger partial charge >= 0.3 is 0 Å². The number of hydrogen-bond acceptors (Lipinski definition) is 1. The highest BCUT2D eigenvalue weighted by Crippen LogP contribution is 2.47. The van der Waals surface area contributed by atoms with E-state index < -0.39 is 0 Å². The van der Waals surface area contributed by atoms with Gasteiger partial charge in [0.1, 0.15) is 0 Å². The predicted molar refractivity (Wildman–Crippen MR) is 47.5 cm³/mol. The van der Waals surface area contributed by atoms with E-state index in [9.17, 15) is 4.79 Å². The first-order valence-corrected chi connectivity index (χ1v) is 4.62. The lowest BCUT2D eigenvalue weighted by Crippen LogP contribution is -2.08. The molecule has 0 atom stereocenters. The number of carbonyl (C=O) groups excluding carboxylic acids is 1. The topological polar surface area (TPSA) is 17.1 Å². The summed E-state index contributed by atoms with van der Waals surface area (Å²) in [7, 11) is 0. The molecule has 2 aliphatic carbocycles. The normalized spacial score (nSPS) is 26.8. The van der Waals surface area contributed by atoms with Crippen molar-refractivity contribution in [2.75, 3.05) is 0 Å². The molecule has 0 aliphatic heterocycles. The first-order chi connectivity index (χ1) is 5.54. The summed E-state index contributed by atoms with van der Waals surface area (Å²) in [6.45, 7) is 4.14. The highest BCUT2D eigenvalue weighted by molar-refractivity contribution is 6.01. The molecule has 0 unspecified atom stereocenters. The second kappa shape index (κ2) is 2.13. The summed E-state index contributed by atoms with van der Waals surface area (Å²) in [6, 6.07) is 0. The Kier molecular flexibility index (Phi) is 1.39. The molecule has 0 heterocycles. The number of Topliss-reactive ketones (excluding diaryl/α,β-unsaturated/α-hetero) is 1. The molecule has 64 valence electrons. The summed E-state index contributed by atoms with van der Waals surface area (Å²) < 4.78 is 0. The molecule has 2 rings (SSSR count). The van der Waals surface area contributed by atoms with Crippen molar-refractivity contribution in [3.63, 3.8) is 0 Å². The molecular formula is C11H14O. The van der Waals surface area contributed by atoms with Crippen LogP contribution in [-0.4, -0.2) is 5.78 Å². The summed E-state index contributed by atoms with van der Waals surface area (Å²) in [5.41, 5.74) is 0.138. The molecule has 0 bridgehead atoms. The molecule has 0 aromatic rings. The Balaban J connectivity index is 2.01. The van der Waals surface area contributed by atoms with Gasteiger partial charge in [-0.15, -0.1) is 0 Å². The van der Waals surface area contributed by atoms with Crippen LogP contribution in [0.3, 0.4) is 0 Å². The summed E-state index contributed by atoms with van der Waals surface area (Å²) >= 11 is 0. The number of hydrogen-bond donors (Lipinski definition) is 0. The van der Waals surface area contributed by atoms with Crippen molar-refractivity contribution >= 4 is 5.78 Å². The SMILES string of the molecule is CC1(C#CC(=O)C2(C)CC2)CC1. The Hall–Kier alpha value is -0.770. The molecule has 2 saturated carbocycles. The Labute approximate surface area is 73.5 Å². The summed E-state index contributed by atoms with van der Waals surface area (Å²) in [4.78, 5) is 11.4. The fourth-order valence-electron chi connectivity index (χ4n) is 1.09. The van der Waals surface area contributed by atoms with Crippen LogP contribution in [0.25, 0.3) is 0 Å². The second-order valence-electron chi connectivity index (χ2n) is 4.70.